The second-order valence-corrected chi connectivity index (χ2v) is 4.32. The molecule has 1 aliphatic heterocycles. The zero-order valence-corrected chi connectivity index (χ0v) is 9.56. The van der Waals surface area contributed by atoms with E-state index in [2.05, 4.69) is 15.5 Å². The molecule has 2 aromatic rings. The van der Waals surface area contributed by atoms with Crippen LogP contribution in [-0.4, -0.2) is 16.7 Å². The lowest BCUT2D eigenvalue weighted by Gasteiger charge is -2.09. The molecule has 0 aliphatic carbocycles. The molecular weight excluding hydrogens is 218 g/mol. The monoisotopic (exact) mass is 233 g/mol. The van der Waals surface area contributed by atoms with Gasteiger partial charge in [0.15, 0.2) is 0 Å². The SMILES string of the molecule is c1cc(-c2noc(C3CCCCCN3)n2)co1. The molecule has 3 rings (SSSR count). The predicted octanol–water partition coefficient (Wildman–Crippen LogP) is 2.53. The molecule has 1 N–H and O–H groups in total. The Morgan fingerprint density at radius 3 is 3.18 bits per heavy atom. The van der Waals surface area contributed by atoms with E-state index in [1.54, 1.807) is 12.5 Å². The standard InChI is InChI=1S/C12H15N3O2/c1-2-4-10(13-6-3-1)12-14-11(15-17-12)9-5-7-16-8-9/h5,7-8,10,13H,1-4,6H2. The Bertz CT molecular complexity index is 456. The lowest BCUT2D eigenvalue weighted by Crippen LogP contribution is -2.20. The fourth-order valence-electron chi connectivity index (χ4n) is 2.13. The van der Waals surface area contributed by atoms with Gasteiger partial charge in [-0.1, -0.05) is 18.0 Å². The summed E-state index contributed by atoms with van der Waals surface area (Å²) in [5.41, 5.74) is 0.855. The third-order valence-electron chi connectivity index (χ3n) is 3.08. The first kappa shape index (κ1) is 10.5. The topological polar surface area (TPSA) is 64.1 Å². The molecule has 5 nitrogen and oxygen atoms in total. The highest BCUT2D eigenvalue weighted by molar-refractivity contribution is 5.51. The molecule has 1 unspecified atom stereocenters. The molecule has 90 valence electrons. The molecule has 0 saturated carbocycles. The highest BCUT2D eigenvalue weighted by Crippen LogP contribution is 2.24. The second kappa shape index (κ2) is 4.71. The van der Waals surface area contributed by atoms with E-state index in [9.17, 15) is 0 Å². The van der Waals surface area contributed by atoms with Gasteiger partial charge < -0.3 is 14.3 Å². The molecule has 3 heterocycles. The van der Waals surface area contributed by atoms with Crippen LogP contribution in [0.3, 0.4) is 0 Å². The van der Waals surface area contributed by atoms with Gasteiger partial charge in [-0.2, -0.15) is 4.98 Å². The van der Waals surface area contributed by atoms with Crippen molar-refractivity contribution in [2.75, 3.05) is 6.54 Å². The Balaban J connectivity index is 1.79. The van der Waals surface area contributed by atoms with Crippen molar-refractivity contribution in [2.45, 2.75) is 31.7 Å². The number of aromatic nitrogens is 2. The zero-order valence-electron chi connectivity index (χ0n) is 9.56. The van der Waals surface area contributed by atoms with E-state index in [0.717, 1.165) is 18.5 Å². The van der Waals surface area contributed by atoms with E-state index in [1.165, 1.54) is 19.3 Å². The summed E-state index contributed by atoms with van der Waals surface area (Å²) >= 11 is 0. The van der Waals surface area contributed by atoms with Crippen LogP contribution >= 0.6 is 0 Å². The Morgan fingerprint density at radius 1 is 1.29 bits per heavy atom. The minimum atomic E-state index is 0.200. The summed E-state index contributed by atoms with van der Waals surface area (Å²) in [6.07, 6.45) is 7.99. The summed E-state index contributed by atoms with van der Waals surface area (Å²) in [6.45, 7) is 1.02. The van der Waals surface area contributed by atoms with Crippen LogP contribution < -0.4 is 5.32 Å². The minimum Gasteiger partial charge on any atom is -0.472 e. The predicted molar refractivity (Wildman–Crippen MR) is 61.2 cm³/mol. The van der Waals surface area contributed by atoms with E-state index >= 15 is 0 Å². The molecule has 2 aromatic heterocycles. The fraction of sp³-hybridized carbons (Fsp3) is 0.500. The number of furan rings is 1. The van der Waals surface area contributed by atoms with Gasteiger partial charge in [-0.05, 0) is 25.5 Å². The summed E-state index contributed by atoms with van der Waals surface area (Å²) in [5.74, 6) is 1.28. The van der Waals surface area contributed by atoms with Crippen LogP contribution in [0.2, 0.25) is 0 Å². The highest BCUT2D eigenvalue weighted by Gasteiger charge is 2.20. The average molecular weight is 233 g/mol. The molecule has 0 aromatic carbocycles. The molecule has 0 spiro atoms. The van der Waals surface area contributed by atoms with Crippen molar-refractivity contribution in [3.05, 3.63) is 24.5 Å². The van der Waals surface area contributed by atoms with Crippen LogP contribution in [0.4, 0.5) is 0 Å². The summed E-state index contributed by atoms with van der Waals surface area (Å²) in [7, 11) is 0. The van der Waals surface area contributed by atoms with Crippen molar-refractivity contribution in [3.63, 3.8) is 0 Å². The van der Waals surface area contributed by atoms with Crippen LogP contribution in [-0.2, 0) is 0 Å². The van der Waals surface area contributed by atoms with Crippen molar-refractivity contribution in [1.29, 1.82) is 0 Å². The smallest absolute Gasteiger partial charge is 0.244 e. The van der Waals surface area contributed by atoms with Crippen LogP contribution in [0.5, 0.6) is 0 Å². The number of nitrogens with zero attached hydrogens (tertiary/aromatic N) is 2. The maximum Gasteiger partial charge on any atom is 0.244 e. The number of hydrogen-bond donors (Lipinski definition) is 1. The third-order valence-corrected chi connectivity index (χ3v) is 3.08. The summed E-state index contributed by atoms with van der Waals surface area (Å²) in [4.78, 5) is 4.42. The van der Waals surface area contributed by atoms with Gasteiger partial charge in [0.1, 0.15) is 6.26 Å². The zero-order chi connectivity index (χ0) is 11.5. The van der Waals surface area contributed by atoms with E-state index in [0.29, 0.717) is 11.7 Å². The number of rotatable bonds is 2. The van der Waals surface area contributed by atoms with Crippen LogP contribution in [0.15, 0.2) is 27.5 Å². The second-order valence-electron chi connectivity index (χ2n) is 4.32. The molecule has 1 saturated heterocycles. The largest absolute Gasteiger partial charge is 0.472 e. The maximum absolute atomic E-state index is 5.32. The van der Waals surface area contributed by atoms with Crippen LogP contribution in [0.1, 0.15) is 37.6 Å². The first-order chi connectivity index (χ1) is 8.43. The Hall–Kier alpha value is -1.62. The Kier molecular flexibility index (Phi) is 2.92. The van der Waals surface area contributed by atoms with Crippen molar-refractivity contribution < 1.29 is 8.94 Å². The number of nitrogens with one attached hydrogen (secondary N) is 1. The summed E-state index contributed by atoms with van der Waals surface area (Å²) < 4.78 is 10.3. The molecule has 0 amide bonds. The molecular formula is C12H15N3O2. The van der Waals surface area contributed by atoms with Crippen molar-refractivity contribution in [2.24, 2.45) is 0 Å². The third kappa shape index (κ3) is 2.24. The van der Waals surface area contributed by atoms with Crippen LogP contribution in [0, 0.1) is 0 Å². The van der Waals surface area contributed by atoms with E-state index in [-0.39, 0.29) is 6.04 Å². The molecule has 5 heteroatoms. The lowest BCUT2D eigenvalue weighted by molar-refractivity contribution is 0.327. The lowest BCUT2D eigenvalue weighted by atomic mass is 10.1. The molecule has 1 aliphatic rings. The summed E-state index contributed by atoms with van der Waals surface area (Å²) in [6, 6.07) is 2.03. The van der Waals surface area contributed by atoms with Gasteiger partial charge in [0.25, 0.3) is 0 Å². The quantitative estimate of drug-likeness (QED) is 0.863. The first-order valence-corrected chi connectivity index (χ1v) is 6.03. The first-order valence-electron chi connectivity index (χ1n) is 6.03. The van der Waals surface area contributed by atoms with E-state index < -0.39 is 0 Å². The fourth-order valence-corrected chi connectivity index (χ4v) is 2.13. The van der Waals surface area contributed by atoms with Crippen molar-refractivity contribution in [1.82, 2.24) is 15.5 Å². The normalized spacial score (nSPS) is 21.3. The van der Waals surface area contributed by atoms with Gasteiger partial charge in [0.2, 0.25) is 11.7 Å². The van der Waals surface area contributed by atoms with Gasteiger partial charge in [-0.15, -0.1) is 0 Å². The van der Waals surface area contributed by atoms with Crippen LogP contribution in [0.25, 0.3) is 11.4 Å². The van der Waals surface area contributed by atoms with E-state index in [4.69, 9.17) is 8.94 Å². The Labute approximate surface area is 99.2 Å². The molecule has 17 heavy (non-hydrogen) atoms. The molecule has 1 fully saturated rings. The molecule has 0 radical (unpaired) electrons. The van der Waals surface area contributed by atoms with Gasteiger partial charge in [-0.25, -0.2) is 0 Å². The maximum atomic E-state index is 5.32. The van der Waals surface area contributed by atoms with E-state index in [1.807, 2.05) is 6.07 Å². The van der Waals surface area contributed by atoms with Crippen molar-refractivity contribution in [3.8, 4) is 11.4 Å². The minimum absolute atomic E-state index is 0.200. The van der Waals surface area contributed by atoms with Gasteiger partial charge >= 0.3 is 0 Å². The summed E-state index contributed by atoms with van der Waals surface area (Å²) in [5, 5.41) is 7.42. The number of hydrogen-bond acceptors (Lipinski definition) is 5. The highest BCUT2D eigenvalue weighted by atomic mass is 16.5. The average Bonchev–Trinajstić information content (AvgIpc) is 2.95. The Morgan fingerprint density at radius 2 is 2.29 bits per heavy atom. The van der Waals surface area contributed by atoms with Gasteiger partial charge in [-0.3, -0.25) is 0 Å². The molecule has 0 bridgehead atoms. The van der Waals surface area contributed by atoms with Gasteiger partial charge in [0, 0.05) is 0 Å². The van der Waals surface area contributed by atoms with Crippen molar-refractivity contribution >= 4 is 0 Å². The molecule has 1 atom stereocenters. The van der Waals surface area contributed by atoms with Gasteiger partial charge in [0.05, 0.1) is 17.9 Å².